The molecule has 2 amide bonds. The van der Waals surface area contributed by atoms with Crippen LogP contribution in [0.25, 0.3) is 0 Å². The third-order valence-corrected chi connectivity index (χ3v) is 10.7. The molecule has 49 heavy (non-hydrogen) atoms. The molecule has 1 N–H and O–H groups in total. The lowest BCUT2D eigenvalue weighted by atomic mass is 9.76. The van der Waals surface area contributed by atoms with Crippen LogP contribution in [0.1, 0.15) is 71.1 Å². The highest BCUT2D eigenvalue weighted by Crippen LogP contribution is 2.38. The zero-order valence-electron chi connectivity index (χ0n) is 28.4. The third-order valence-electron chi connectivity index (χ3n) is 9.19. The smallest absolute Gasteiger partial charge is 0.294 e. The van der Waals surface area contributed by atoms with Crippen molar-refractivity contribution in [1.82, 2.24) is 0 Å². The number of benzene rings is 4. The van der Waals surface area contributed by atoms with Crippen LogP contribution in [0.15, 0.2) is 94.5 Å². The van der Waals surface area contributed by atoms with Crippen molar-refractivity contribution >= 4 is 68.0 Å². The first kappa shape index (κ1) is 36.4. The Labute approximate surface area is 306 Å². The fraction of sp³-hybridized carbons (Fsp3) is 0.308. The van der Waals surface area contributed by atoms with Crippen molar-refractivity contribution in [1.29, 1.82) is 0 Å². The van der Waals surface area contributed by atoms with Crippen molar-refractivity contribution in [3.05, 3.63) is 116 Å². The van der Waals surface area contributed by atoms with Crippen molar-refractivity contribution < 1.29 is 19.1 Å². The molecule has 1 unspecified atom stereocenters. The molecule has 0 fully saturated rings. The highest BCUT2D eigenvalue weighted by atomic mass is 79.9. The molecule has 1 aliphatic heterocycles. The molecule has 1 heterocycles. The predicted octanol–water partition coefficient (Wildman–Crippen LogP) is 10.3. The zero-order valence-corrected chi connectivity index (χ0v) is 31.5. The quantitative estimate of drug-likeness (QED) is 0.156. The summed E-state index contributed by atoms with van der Waals surface area (Å²) in [6.07, 6.45) is 0.919. The Bertz CT molecular complexity index is 1870. The molecular formula is C39H40BrCl2N3O4. The number of carbonyl (C=O) groups is 2. The molecule has 7 nitrogen and oxygen atoms in total. The molecule has 256 valence electrons. The van der Waals surface area contributed by atoms with Crippen LogP contribution in [0.2, 0.25) is 10.0 Å². The van der Waals surface area contributed by atoms with E-state index in [0.29, 0.717) is 48.7 Å². The molecule has 0 saturated heterocycles. The van der Waals surface area contributed by atoms with Crippen LogP contribution < -0.4 is 19.8 Å². The number of hydrazone groups is 1. The molecule has 4 aromatic carbocycles. The van der Waals surface area contributed by atoms with Crippen molar-refractivity contribution in [3.63, 3.8) is 0 Å². The first-order valence-corrected chi connectivity index (χ1v) is 17.7. The molecule has 5 rings (SSSR count). The van der Waals surface area contributed by atoms with Crippen LogP contribution in [0.3, 0.4) is 0 Å². The van der Waals surface area contributed by atoms with Gasteiger partial charge in [-0.15, -0.1) is 0 Å². The Morgan fingerprint density at radius 1 is 0.898 bits per heavy atom. The zero-order chi connectivity index (χ0) is 35.5. The van der Waals surface area contributed by atoms with Crippen LogP contribution in [-0.4, -0.2) is 30.2 Å². The average Bonchev–Trinajstić information content (AvgIpc) is 3.41. The molecule has 1 atom stereocenters. The van der Waals surface area contributed by atoms with Gasteiger partial charge in [-0.25, -0.2) is 0 Å². The van der Waals surface area contributed by atoms with Gasteiger partial charge in [-0.3, -0.25) is 9.59 Å². The average molecular weight is 766 g/mol. The second-order valence-corrected chi connectivity index (χ2v) is 15.0. The molecule has 0 aromatic heterocycles. The number of carbonyl (C=O) groups excluding carboxylic acids is 2. The van der Waals surface area contributed by atoms with E-state index in [0.717, 1.165) is 18.4 Å². The van der Waals surface area contributed by atoms with Gasteiger partial charge in [0, 0.05) is 26.3 Å². The summed E-state index contributed by atoms with van der Waals surface area (Å²) in [5, 5.41) is 9.94. The lowest BCUT2D eigenvalue weighted by molar-refractivity contribution is -0.122. The van der Waals surface area contributed by atoms with Crippen LogP contribution in [0, 0.1) is 0 Å². The molecule has 0 radical (unpaired) electrons. The van der Waals surface area contributed by atoms with Gasteiger partial charge < -0.3 is 14.8 Å². The van der Waals surface area contributed by atoms with E-state index < -0.39 is 6.10 Å². The first-order valence-electron chi connectivity index (χ1n) is 16.2. The standard InChI is InChI=1S/C39H40BrCl2N3O4/c1-7-38(3,4)25-11-20-33(30(21-25)39(5,6)8-2)48-23-34(46)43-27-14-16-28(17-15-27)45-37(47)36(49-29-18-19-32(42)31(40)22-29)35(44-45)24-9-12-26(41)13-10-24/h9-22,36H,7-8,23H2,1-6H3,(H,43,46). The van der Waals surface area contributed by atoms with Gasteiger partial charge in [-0.1, -0.05) is 89.0 Å². The maximum Gasteiger partial charge on any atom is 0.294 e. The number of hydrogen-bond acceptors (Lipinski definition) is 5. The van der Waals surface area contributed by atoms with Crippen LogP contribution in [0.4, 0.5) is 11.4 Å². The van der Waals surface area contributed by atoms with Gasteiger partial charge in [0.05, 0.1) is 10.7 Å². The Balaban J connectivity index is 1.30. The van der Waals surface area contributed by atoms with Gasteiger partial charge in [0.15, 0.2) is 6.61 Å². The van der Waals surface area contributed by atoms with E-state index >= 15 is 0 Å². The van der Waals surface area contributed by atoms with E-state index in [4.69, 9.17) is 32.7 Å². The number of hydrogen-bond donors (Lipinski definition) is 1. The Kier molecular flexibility index (Phi) is 11.1. The number of amides is 2. The predicted molar refractivity (Wildman–Crippen MR) is 203 cm³/mol. The molecule has 4 aromatic rings. The minimum atomic E-state index is -1.02. The number of halogens is 3. The minimum Gasteiger partial charge on any atom is -0.483 e. The maximum absolute atomic E-state index is 13.7. The van der Waals surface area contributed by atoms with Crippen LogP contribution >= 0.6 is 39.1 Å². The summed E-state index contributed by atoms with van der Waals surface area (Å²) in [7, 11) is 0. The first-order chi connectivity index (χ1) is 23.2. The summed E-state index contributed by atoms with van der Waals surface area (Å²) in [6.45, 7) is 13.1. The number of anilines is 2. The summed E-state index contributed by atoms with van der Waals surface area (Å²) < 4.78 is 12.9. The van der Waals surface area contributed by atoms with E-state index in [9.17, 15) is 9.59 Å². The van der Waals surface area contributed by atoms with Gasteiger partial charge in [-0.2, -0.15) is 10.1 Å². The molecule has 0 saturated carbocycles. The van der Waals surface area contributed by atoms with Gasteiger partial charge in [-0.05, 0) is 106 Å². The Morgan fingerprint density at radius 3 is 2.20 bits per heavy atom. The van der Waals surface area contributed by atoms with E-state index in [2.05, 4.69) is 80.0 Å². The Hall–Kier alpha value is -3.85. The number of nitrogens with one attached hydrogen (secondary N) is 1. The summed E-state index contributed by atoms with van der Waals surface area (Å²) in [4.78, 5) is 26.8. The Morgan fingerprint density at radius 2 is 1.57 bits per heavy atom. The topological polar surface area (TPSA) is 80.2 Å². The summed E-state index contributed by atoms with van der Waals surface area (Å²) in [5.74, 6) is 0.483. The van der Waals surface area contributed by atoms with Crippen molar-refractivity contribution in [3.8, 4) is 11.5 Å². The minimum absolute atomic E-state index is 0.0328. The molecule has 0 bridgehead atoms. The second-order valence-electron chi connectivity index (χ2n) is 13.3. The highest BCUT2D eigenvalue weighted by Gasteiger charge is 2.39. The largest absolute Gasteiger partial charge is 0.483 e. The number of nitrogens with zero attached hydrogens (tertiary/aromatic N) is 2. The third kappa shape index (κ3) is 8.31. The van der Waals surface area contributed by atoms with Gasteiger partial charge in [0.25, 0.3) is 11.8 Å². The lowest BCUT2D eigenvalue weighted by Gasteiger charge is -2.30. The van der Waals surface area contributed by atoms with Crippen molar-refractivity contribution in [2.45, 2.75) is 71.3 Å². The van der Waals surface area contributed by atoms with Crippen molar-refractivity contribution in [2.24, 2.45) is 5.10 Å². The fourth-order valence-electron chi connectivity index (χ4n) is 5.27. The van der Waals surface area contributed by atoms with Gasteiger partial charge in [0.2, 0.25) is 6.10 Å². The van der Waals surface area contributed by atoms with Gasteiger partial charge >= 0.3 is 0 Å². The fourth-order valence-corrected chi connectivity index (χ4v) is 5.87. The number of rotatable bonds is 12. The van der Waals surface area contributed by atoms with E-state index in [1.807, 2.05) is 6.07 Å². The molecular weight excluding hydrogens is 725 g/mol. The summed E-state index contributed by atoms with van der Waals surface area (Å²) >= 11 is 15.7. The monoisotopic (exact) mass is 763 g/mol. The lowest BCUT2D eigenvalue weighted by Crippen LogP contribution is -2.37. The SMILES string of the molecule is CCC(C)(C)c1ccc(OCC(=O)Nc2ccc(N3N=C(c4ccc(Cl)cc4)C(Oc4ccc(Cl)c(Br)c4)C3=O)cc2)c(C(C)(C)CC)c1. The van der Waals surface area contributed by atoms with E-state index in [1.54, 1.807) is 66.7 Å². The van der Waals surface area contributed by atoms with Crippen LogP contribution in [-0.2, 0) is 20.4 Å². The molecule has 10 heteroatoms. The van der Waals surface area contributed by atoms with E-state index in [-0.39, 0.29) is 29.3 Å². The van der Waals surface area contributed by atoms with Crippen LogP contribution in [0.5, 0.6) is 11.5 Å². The number of ether oxygens (including phenoxy) is 2. The van der Waals surface area contributed by atoms with E-state index in [1.165, 1.54) is 10.6 Å². The molecule has 1 aliphatic rings. The summed E-state index contributed by atoms with van der Waals surface area (Å²) in [6, 6.07) is 25.3. The maximum atomic E-state index is 13.7. The highest BCUT2D eigenvalue weighted by molar-refractivity contribution is 9.10. The summed E-state index contributed by atoms with van der Waals surface area (Å²) in [5.41, 5.74) is 4.43. The normalized spacial score (nSPS) is 14.9. The molecule has 0 aliphatic carbocycles. The van der Waals surface area contributed by atoms with Gasteiger partial charge in [0.1, 0.15) is 17.2 Å². The van der Waals surface area contributed by atoms with Crippen molar-refractivity contribution in [2.75, 3.05) is 16.9 Å². The molecule has 0 spiro atoms. The second kappa shape index (κ2) is 15.0.